The van der Waals surface area contributed by atoms with Gasteiger partial charge in [0.15, 0.2) is 17.3 Å². The fourth-order valence-electron chi connectivity index (χ4n) is 4.40. The normalized spacial score (nSPS) is 14.3. The van der Waals surface area contributed by atoms with E-state index in [0.29, 0.717) is 63.0 Å². The Hall–Kier alpha value is -3.06. The van der Waals surface area contributed by atoms with Crippen molar-refractivity contribution in [3.63, 3.8) is 0 Å². The molecule has 0 aliphatic carbocycles. The van der Waals surface area contributed by atoms with Crippen LogP contribution in [0.1, 0.15) is 38.3 Å². The molecule has 0 radical (unpaired) electrons. The maximum atomic E-state index is 14.7. The molecular weight excluding hydrogens is 433 g/mol. The lowest BCUT2D eigenvalue weighted by atomic mass is 10.1. The molecular formula is C27H34FN3O3. The molecule has 1 amide bonds. The number of benzene rings is 2. The molecule has 3 aromatic rings. The number of halogens is 1. The highest BCUT2D eigenvalue weighted by atomic mass is 19.1. The first-order valence-corrected chi connectivity index (χ1v) is 12.0. The minimum atomic E-state index is -0.444. The molecule has 0 saturated carbocycles. The largest absolute Gasteiger partial charge is 0.489 e. The highest BCUT2D eigenvalue weighted by Gasteiger charge is 2.23. The van der Waals surface area contributed by atoms with Gasteiger partial charge in [0.1, 0.15) is 0 Å². The minimum absolute atomic E-state index is 0.0496. The molecule has 0 saturated heterocycles. The zero-order valence-electron chi connectivity index (χ0n) is 20.2. The summed E-state index contributed by atoms with van der Waals surface area (Å²) in [6, 6.07) is 11.5. The third kappa shape index (κ3) is 5.70. The number of carbonyl (C=O) groups is 1. The van der Waals surface area contributed by atoms with E-state index in [0.717, 1.165) is 5.52 Å². The third-order valence-electron chi connectivity index (χ3n) is 6.01. The summed E-state index contributed by atoms with van der Waals surface area (Å²) in [5.41, 5.74) is 3.00. The summed E-state index contributed by atoms with van der Waals surface area (Å²) in [7, 11) is 0. The van der Waals surface area contributed by atoms with E-state index < -0.39 is 5.82 Å². The number of nitrogens with zero attached hydrogens (tertiary/aromatic N) is 1. The van der Waals surface area contributed by atoms with Crippen molar-refractivity contribution in [1.29, 1.82) is 0 Å². The Balaban J connectivity index is 1.41. The molecule has 1 aliphatic rings. The number of hydrogen-bond donors (Lipinski definition) is 2. The zero-order chi connectivity index (χ0) is 24.1. The van der Waals surface area contributed by atoms with Crippen LogP contribution in [0.2, 0.25) is 0 Å². The van der Waals surface area contributed by atoms with E-state index in [1.165, 1.54) is 17.0 Å². The zero-order valence-corrected chi connectivity index (χ0v) is 20.2. The minimum Gasteiger partial charge on any atom is -0.489 e. The monoisotopic (exact) mass is 467 g/mol. The number of nitrogens with one attached hydrogen (secondary N) is 2. The molecule has 2 N–H and O–H groups in total. The molecule has 1 atom stereocenters. The highest BCUT2D eigenvalue weighted by Crippen LogP contribution is 2.34. The molecule has 7 heteroatoms. The van der Waals surface area contributed by atoms with Gasteiger partial charge in [-0.05, 0) is 41.3 Å². The van der Waals surface area contributed by atoms with Crippen molar-refractivity contribution in [3.05, 3.63) is 59.5 Å². The maximum Gasteiger partial charge on any atom is 0.226 e. The summed E-state index contributed by atoms with van der Waals surface area (Å²) in [5.74, 6) is 0.264. The number of ether oxygens (including phenoxy) is 2. The molecule has 0 unspecified atom stereocenters. The Morgan fingerprint density at radius 2 is 2.00 bits per heavy atom. The van der Waals surface area contributed by atoms with Crippen LogP contribution >= 0.6 is 0 Å². The van der Waals surface area contributed by atoms with Gasteiger partial charge in [0.25, 0.3) is 0 Å². The number of fused-ring (bicyclic) bond motifs is 2. The Kier molecular flexibility index (Phi) is 7.73. The van der Waals surface area contributed by atoms with Crippen molar-refractivity contribution in [2.24, 2.45) is 11.8 Å². The van der Waals surface area contributed by atoms with Gasteiger partial charge in [0, 0.05) is 55.6 Å². The molecule has 1 aromatic heterocycles. The molecule has 2 heterocycles. The van der Waals surface area contributed by atoms with Gasteiger partial charge in [0.2, 0.25) is 5.91 Å². The van der Waals surface area contributed by atoms with Gasteiger partial charge in [-0.25, -0.2) is 4.39 Å². The smallest absolute Gasteiger partial charge is 0.226 e. The average molecular weight is 468 g/mol. The van der Waals surface area contributed by atoms with Crippen LogP contribution in [0.5, 0.6) is 11.5 Å². The van der Waals surface area contributed by atoms with Crippen LogP contribution in [-0.2, 0) is 17.9 Å². The van der Waals surface area contributed by atoms with Gasteiger partial charge < -0.3 is 24.7 Å². The Morgan fingerprint density at radius 3 is 2.82 bits per heavy atom. The summed E-state index contributed by atoms with van der Waals surface area (Å²) in [5, 5.41) is 4.62. The molecule has 0 bridgehead atoms. The number of hydrogen-bond acceptors (Lipinski definition) is 4. The number of aromatic nitrogens is 1. The second-order valence-corrected chi connectivity index (χ2v) is 9.46. The van der Waals surface area contributed by atoms with Crippen molar-refractivity contribution < 1.29 is 18.7 Å². The van der Waals surface area contributed by atoms with E-state index in [1.54, 1.807) is 6.07 Å². The number of carbonyl (C=O) groups excluding carboxylic acids is 1. The van der Waals surface area contributed by atoms with Crippen molar-refractivity contribution >= 4 is 16.8 Å². The van der Waals surface area contributed by atoms with Crippen molar-refractivity contribution in [3.8, 4) is 11.5 Å². The van der Waals surface area contributed by atoms with Crippen molar-refractivity contribution in [1.82, 2.24) is 15.2 Å². The van der Waals surface area contributed by atoms with Gasteiger partial charge in [0.05, 0.1) is 13.2 Å². The quantitative estimate of drug-likeness (QED) is 0.471. The fraction of sp³-hybridized carbons (Fsp3) is 0.444. The molecule has 2 aromatic carbocycles. The van der Waals surface area contributed by atoms with Crippen molar-refractivity contribution in [2.45, 2.75) is 40.3 Å². The van der Waals surface area contributed by atoms with Gasteiger partial charge in [-0.2, -0.15) is 0 Å². The highest BCUT2D eigenvalue weighted by molar-refractivity contribution is 5.83. The molecule has 0 spiro atoms. The topological polar surface area (TPSA) is 66.6 Å². The van der Waals surface area contributed by atoms with E-state index in [9.17, 15) is 9.18 Å². The lowest BCUT2D eigenvalue weighted by Crippen LogP contribution is -2.40. The SMILES string of the molecule is CC(C)CN(Cc1cc(F)c2c(c1)OCCCO2)C(=O)[C@H](C)CNCc1cccc2[nH]ccc12. The van der Waals surface area contributed by atoms with Crippen LogP contribution in [-0.4, -0.2) is 42.1 Å². The first-order valence-electron chi connectivity index (χ1n) is 12.0. The Bertz CT molecular complexity index is 1130. The van der Waals surface area contributed by atoms with Crippen LogP contribution in [0, 0.1) is 17.7 Å². The van der Waals surface area contributed by atoms with Crippen LogP contribution in [0.25, 0.3) is 10.9 Å². The second-order valence-electron chi connectivity index (χ2n) is 9.46. The molecule has 6 nitrogen and oxygen atoms in total. The molecule has 34 heavy (non-hydrogen) atoms. The lowest BCUT2D eigenvalue weighted by Gasteiger charge is -2.28. The van der Waals surface area contributed by atoms with E-state index in [1.807, 2.05) is 24.1 Å². The predicted molar refractivity (Wildman–Crippen MR) is 131 cm³/mol. The fourth-order valence-corrected chi connectivity index (χ4v) is 4.40. The van der Waals surface area contributed by atoms with Gasteiger partial charge in [-0.3, -0.25) is 4.79 Å². The average Bonchev–Trinajstić information content (AvgIpc) is 3.16. The van der Waals surface area contributed by atoms with Gasteiger partial charge in [-0.15, -0.1) is 0 Å². The Labute approximate surface area is 200 Å². The first-order chi connectivity index (χ1) is 16.4. The number of H-pyrrole nitrogens is 1. The van der Waals surface area contributed by atoms with Crippen LogP contribution in [0.15, 0.2) is 42.6 Å². The second kappa shape index (κ2) is 10.9. The molecule has 0 fully saturated rings. The molecule has 4 rings (SSSR count). The maximum absolute atomic E-state index is 14.7. The van der Waals surface area contributed by atoms with E-state index in [2.05, 4.69) is 42.3 Å². The summed E-state index contributed by atoms with van der Waals surface area (Å²) in [4.78, 5) is 18.4. The summed E-state index contributed by atoms with van der Waals surface area (Å²) in [6.07, 6.45) is 2.65. The lowest BCUT2D eigenvalue weighted by molar-refractivity contribution is -0.136. The summed E-state index contributed by atoms with van der Waals surface area (Å²) < 4.78 is 25.9. The standard InChI is InChI=1S/C27H34FN3O3/c1-18(2)16-31(17-20-12-23(28)26-25(13-20)33-10-5-11-34-26)27(32)19(3)14-29-15-21-6-4-7-24-22(21)8-9-30-24/h4,6-9,12-13,18-19,29-30H,5,10-11,14-17H2,1-3H3/t19-/m1/s1. The Morgan fingerprint density at radius 1 is 1.18 bits per heavy atom. The van der Waals surface area contributed by atoms with Crippen LogP contribution < -0.4 is 14.8 Å². The van der Waals surface area contributed by atoms with Crippen LogP contribution in [0.4, 0.5) is 4.39 Å². The molecule has 182 valence electrons. The van der Waals surface area contributed by atoms with E-state index in [-0.39, 0.29) is 17.6 Å². The molecule has 1 aliphatic heterocycles. The number of amides is 1. The summed E-state index contributed by atoms with van der Waals surface area (Å²) in [6.45, 7) is 9.19. The first kappa shape index (κ1) is 24.1. The van der Waals surface area contributed by atoms with Crippen LogP contribution in [0.3, 0.4) is 0 Å². The van der Waals surface area contributed by atoms with Gasteiger partial charge >= 0.3 is 0 Å². The number of rotatable bonds is 9. The number of aromatic amines is 1. The van der Waals surface area contributed by atoms with E-state index in [4.69, 9.17) is 9.47 Å². The van der Waals surface area contributed by atoms with Crippen molar-refractivity contribution in [2.75, 3.05) is 26.3 Å². The predicted octanol–water partition coefficient (Wildman–Crippen LogP) is 4.88. The summed E-state index contributed by atoms with van der Waals surface area (Å²) >= 11 is 0. The van der Waals surface area contributed by atoms with E-state index >= 15 is 0 Å². The third-order valence-corrected chi connectivity index (χ3v) is 6.01. The van der Waals surface area contributed by atoms with Gasteiger partial charge in [-0.1, -0.05) is 32.9 Å².